The Morgan fingerprint density at radius 2 is 2.05 bits per heavy atom. The Labute approximate surface area is 112 Å². The Hall–Kier alpha value is -1.97. The van der Waals surface area contributed by atoms with Gasteiger partial charge in [-0.15, -0.1) is 0 Å². The summed E-state index contributed by atoms with van der Waals surface area (Å²) in [5.74, 6) is -0.0230. The number of hydrogen-bond acceptors (Lipinski definition) is 3. The summed E-state index contributed by atoms with van der Waals surface area (Å²) in [7, 11) is 0. The summed E-state index contributed by atoms with van der Waals surface area (Å²) in [5, 5.41) is 4.00. The lowest BCUT2D eigenvalue weighted by atomic mass is 9.95. The van der Waals surface area contributed by atoms with Gasteiger partial charge in [0.1, 0.15) is 0 Å². The molecule has 0 aromatic carbocycles. The minimum absolute atomic E-state index is 0.0230. The molecule has 2 aromatic rings. The van der Waals surface area contributed by atoms with Crippen molar-refractivity contribution in [2.45, 2.75) is 38.1 Å². The predicted molar refractivity (Wildman–Crippen MR) is 73.9 cm³/mol. The van der Waals surface area contributed by atoms with E-state index < -0.39 is 0 Å². The molecule has 1 saturated carbocycles. The fraction of sp³-hybridized carbons (Fsp3) is 0.400. The van der Waals surface area contributed by atoms with Crippen LogP contribution in [0.5, 0.6) is 0 Å². The average molecular weight is 255 g/mol. The lowest BCUT2D eigenvalue weighted by Gasteiger charge is -2.22. The molecule has 0 atom stereocenters. The summed E-state index contributed by atoms with van der Waals surface area (Å²) in [6.07, 6.45) is 9.21. The van der Waals surface area contributed by atoms with E-state index >= 15 is 0 Å². The molecule has 98 valence electrons. The van der Waals surface area contributed by atoms with Crippen molar-refractivity contribution in [3.05, 3.63) is 36.2 Å². The topological polar surface area (TPSA) is 54.9 Å². The van der Waals surface area contributed by atoms with E-state index in [0.717, 1.165) is 18.2 Å². The number of aromatic nitrogens is 2. The van der Waals surface area contributed by atoms with Gasteiger partial charge in [-0.3, -0.25) is 4.79 Å². The molecule has 1 fully saturated rings. The number of rotatable bonds is 2. The number of pyridine rings is 2. The third-order valence-electron chi connectivity index (χ3n) is 3.66. The van der Waals surface area contributed by atoms with Crippen LogP contribution >= 0.6 is 0 Å². The van der Waals surface area contributed by atoms with Crippen molar-refractivity contribution in [3.63, 3.8) is 0 Å². The van der Waals surface area contributed by atoms with Crippen LogP contribution in [0, 0.1) is 0 Å². The van der Waals surface area contributed by atoms with Crippen LogP contribution in [-0.2, 0) is 0 Å². The van der Waals surface area contributed by atoms with Crippen LogP contribution in [0.15, 0.2) is 30.6 Å². The number of carbonyl (C=O) groups excluding carboxylic acids is 1. The number of fused-ring (bicyclic) bond motifs is 1. The van der Waals surface area contributed by atoms with Gasteiger partial charge in [0.15, 0.2) is 5.65 Å². The van der Waals surface area contributed by atoms with E-state index in [9.17, 15) is 4.79 Å². The van der Waals surface area contributed by atoms with E-state index in [1.165, 1.54) is 19.3 Å². The third-order valence-corrected chi connectivity index (χ3v) is 3.66. The van der Waals surface area contributed by atoms with Crippen LogP contribution < -0.4 is 5.32 Å². The van der Waals surface area contributed by atoms with Crippen LogP contribution in [0.4, 0.5) is 0 Å². The maximum atomic E-state index is 12.2. The van der Waals surface area contributed by atoms with Crippen LogP contribution in [0.3, 0.4) is 0 Å². The molecule has 3 rings (SSSR count). The van der Waals surface area contributed by atoms with Crippen LogP contribution in [0.1, 0.15) is 42.5 Å². The first-order valence-corrected chi connectivity index (χ1v) is 6.84. The van der Waals surface area contributed by atoms with Crippen LogP contribution in [-0.4, -0.2) is 21.9 Å². The smallest absolute Gasteiger partial charge is 0.253 e. The second-order valence-corrected chi connectivity index (χ2v) is 5.08. The Kier molecular flexibility index (Phi) is 3.40. The first kappa shape index (κ1) is 12.1. The number of nitrogens with one attached hydrogen (secondary N) is 1. The Morgan fingerprint density at radius 3 is 2.89 bits per heavy atom. The highest BCUT2D eigenvalue weighted by molar-refractivity contribution is 5.96. The Morgan fingerprint density at radius 1 is 1.21 bits per heavy atom. The van der Waals surface area contributed by atoms with Crippen molar-refractivity contribution >= 4 is 16.9 Å². The summed E-state index contributed by atoms with van der Waals surface area (Å²) in [5.41, 5.74) is 1.29. The van der Waals surface area contributed by atoms with Gasteiger partial charge in [-0.2, -0.15) is 0 Å². The molecule has 0 bridgehead atoms. The lowest BCUT2D eigenvalue weighted by molar-refractivity contribution is 0.0927. The fourth-order valence-corrected chi connectivity index (χ4v) is 2.61. The zero-order valence-electron chi connectivity index (χ0n) is 10.8. The molecular formula is C15H17N3O. The van der Waals surface area contributed by atoms with E-state index in [4.69, 9.17) is 0 Å². The van der Waals surface area contributed by atoms with Crippen molar-refractivity contribution in [1.29, 1.82) is 0 Å². The van der Waals surface area contributed by atoms with Gasteiger partial charge in [-0.25, -0.2) is 9.97 Å². The first-order valence-electron chi connectivity index (χ1n) is 6.84. The van der Waals surface area contributed by atoms with E-state index in [0.29, 0.717) is 17.3 Å². The second-order valence-electron chi connectivity index (χ2n) is 5.08. The van der Waals surface area contributed by atoms with Crippen molar-refractivity contribution in [2.75, 3.05) is 0 Å². The van der Waals surface area contributed by atoms with Crippen molar-refractivity contribution in [1.82, 2.24) is 15.3 Å². The largest absolute Gasteiger partial charge is 0.349 e. The lowest BCUT2D eigenvalue weighted by Crippen LogP contribution is -2.36. The van der Waals surface area contributed by atoms with Crippen molar-refractivity contribution in [2.24, 2.45) is 0 Å². The van der Waals surface area contributed by atoms with Gasteiger partial charge in [0, 0.05) is 23.8 Å². The number of carbonyl (C=O) groups is 1. The normalized spacial score (nSPS) is 16.4. The molecule has 4 heteroatoms. The van der Waals surface area contributed by atoms with Gasteiger partial charge in [0.25, 0.3) is 5.91 Å². The highest BCUT2D eigenvalue weighted by Gasteiger charge is 2.17. The zero-order chi connectivity index (χ0) is 13.1. The van der Waals surface area contributed by atoms with Gasteiger partial charge in [0.05, 0.1) is 5.56 Å². The SMILES string of the molecule is O=C(NC1CCCCC1)c1cnc2ncccc2c1. The van der Waals surface area contributed by atoms with Crippen LogP contribution in [0.25, 0.3) is 11.0 Å². The highest BCUT2D eigenvalue weighted by atomic mass is 16.1. The number of nitrogens with zero attached hydrogens (tertiary/aromatic N) is 2. The Balaban J connectivity index is 1.77. The van der Waals surface area contributed by atoms with Gasteiger partial charge in [0.2, 0.25) is 0 Å². The molecule has 1 aliphatic rings. The first-order chi connectivity index (χ1) is 9.33. The molecule has 0 spiro atoms. The third kappa shape index (κ3) is 2.72. The zero-order valence-corrected chi connectivity index (χ0v) is 10.8. The maximum absolute atomic E-state index is 12.2. The van der Waals surface area contributed by atoms with E-state index in [1.807, 2.05) is 18.2 Å². The number of hydrogen-bond donors (Lipinski definition) is 1. The minimum atomic E-state index is -0.0230. The van der Waals surface area contributed by atoms with E-state index in [1.54, 1.807) is 12.4 Å². The molecule has 2 aromatic heterocycles. The molecule has 1 amide bonds. The molecule has 4 nitrogen and oxygen atoms in total. The molecule has 19 heavy (non-hydrogen) atoms. The van der Waals surface area contributed by atoms with Gasteiger partial charge in [-0.05, 0) is 31.0 Å². The van der Waals surface area contributed by atoms with Crippen LogP contribution in [0.2, 0.25) is 0 Å². The second kappa shape index (κ2) is 5.34. The average Bonchev–Trinajstić information content (AvgIpc) is 2.48. The molecular weight excluding hydrogens is 238 g/mol. The summed E-state index contributed by atoms with van der Waals surface area (Å²) >= 11 is 0. The molecule has 0 unspecified atom stereocenters. The summed E-state index contributed by atoms with van der Waals surface area (Å²) in [6, 6.07) is 5.96. The highest BCUT2D eigenvalue weighted by Crippen LogP contribution is 2.18. The summed E-state index contributed by atoms with van der Waals surface area (Å²) in [6.45, 7) is 0. The minimum Gasteiger partial charge on any atom is -0.349 e. The van der Waals surface area contributed by atoms with Crippen molar-refractivity contribution < 1.29 is 4.79 Å². The molecule has 2 heterocycles. The van der Waals surface area contributed by atoms with E-state index in [-0.39, 0.29) is 5.91 Å². The quantitative estimate of drug-likeness (QED) is 0.897. The molecule has 0 radical (unpaired) electrons. The monoisotopic (exact) mass is 255 g/mol. The predicted octanol–water partition coefficient (Wildman–Crippen LogP) is 2.69. The van der Waals surface area contributed by atoms with Gasteiger partial charge < -0.3 is 5.32 Å². The summed E-state index contributed by atoms with van der Waals surface area (Å²) in [4.78, 5) is 20.6. The Bertz CT molecular complexity index is 591. The molecule has 0 aliphatic heterocycles. The standard InChI is InChI=1S/C15H17N3O/c19-15(18-13-6-2-1-3-7-13)12-9-11-5-4-8-16-14(11)17-10-12/h4-5,8-10,13H,1-3,6-7H2,(H,18,19). The van der Waals surface area contributed by atoms with Crippen molar-refractivity contribution in [3.8, 4) is 0 Å². The van der Waals surface area contributed by atoms with Gasteiger partial charge in [-0.1, -0.05) is 19.3 Å². The van der Waals surface area contributed by atoms with Gasteiger partial charge >= 0.3 is 0 Å². The molecule has 0 saturated heterocycles. The maximum Gasteiger partial charge on any atom is 0.253 e. The summed E-state index contributed by atoms with van der Waals surface area (Å²) < 4.78 is 0. The molecule has 1 N–H and O–H groups in total. The molecule has 1 aliphatic carbocycles. The number of amides is 1. The fourth-order valence-electron chi connectivity index (χ4n) is 2.61. The van der Waals surface area contributed by atoms with E-state index in [2.05, 4.69) is 15.3 Å².